The highest BCUT2D eigenvalue weighted by atomic mass is 16.4. The van der Waals surface area contributed by atoms with Gasteiger partial charge in [0.1, 0.15) is 18.3 Å². The minimum atomic E-state index is -2.42. The Hall–Kier alpha value is -1.31. The molecule has 0 aliphatic heterocycles. The van der Waals surface area contributed by atoms with Gasteiger partial charge < -0.3 is 25.2 Å². The lowest BCUT2D eigenvalue weighted by Crippen LogP contribution is -2.50. The van der Waals surface area contributed by atoms with Gasteiger partial charge in [-0.05, 0) is 0 Å². The van der Waals surface area contributed by atoms with Crippen molar-refractivity contribution >= 4 is 18.0 Å². The largest absolute Gasteiger partial charge is 0.547 e. The van der Waals surface area contributed by atoms with Crippen LogP contribution in [0.2, 0.25) is 0 Å². The van der Waals surface area contributed by atoms with Gasteiger partial charge in [-0.25, -0.2) is 0 Å². The molecule has 3 N–H and O–H groups in total. The zero-order valence-corrected chi connectivity index (χ0v) is 6.28. The molecule has 7 nitrogen and oxygen atoms in total. The number of carbonyl (C=O) groups is 3. The molecule has 0 bridgehead atoms. The van der Waals surface area contributed by atoms with Crippen LogP contribution in [-0.2, 0) is 14.4 Å². The summed E-state index contributed by atoms with van der Waals surface area (Å²) in [5.41, 5.74) is 0. The minimum Gasteiger partial charge on any atom is -0.547 e. The maximum atomic E-state index is 10.4. The summed E-state index contributed by atoms with van der Waals surface area (Å²) in [7, 11) is 0. The summed E-state index contributed by atoms with van der Waals surface area (Å²) in [4.78, 5) is 30.1. The average Bonchev–Trinajstić information content (AvgIpc) is 2.12. The van der Waals surface area contributed by atoms with Crippen LogP contribution in [-0.4, -0.2) is 51.7 Å². The summed E-state index contributed by atoms with van der Waals surface area (Å²) in [5, 5.41) is 36.0. The van der Waals surface area contributed by atoms with Gasteiger partial charge in [0.05, 0.1) is 5.97 Å². The summed E-state index contributed by atoms with van der Waals surface area (Å²) in [6.45, 7) is 0. The molecule has 0 aromatic carbocycles. The topological polar surface area (TPSA) is 135 Å². The second kappa shape index (κ2) is 4.65. The maximum absolute atomic E-state index is 10.4. The van der Waals surface area contributed by atoms with Gasteiger partial charge in [0.15, 0.2) is 6.29 Å². The molecule has 0 rings (SSSR count). The molecule has 0 aromatic heterocycles. The highest BCUT2D eigenvalue weighted by Crippen LogP contribution is 1.99. The van der Waals surface area contributed by atoms with E-state index in [-0.39, 0.29) is 6.29 Å². The third-order valence-electron chi connectivity index (χ3n) is 1.30. The van der Waals surface area contributed by atoms with E-state index in [1.807, 2.05) is 0 Å². The molecule has 0 fully saturated rings. The number of aliphatic hydroxyl groups is 3. The van der Waals surface area contributed by atoms with Gasteiger partial charge in [0.2, 0.25) is 5.78 Å². The fourth-order valence-corrected chi connectivity index (χ4v) is 0.550. The van der Waals surface area contributed by atoms with E-state index in [0.717, 1.165) is 0 Å². The lowest BCUT2D eigenvalue weighted by atomic mass is 10.1. The van der Waals surface area contributed by atoms with Gasteiger partial charge >= 0.3 is 0 Å². The van der Waals surface area contributed by atoms with Crippen molar-refractivity contribution in [3.63, 3.8) is 0 Å². The molecule has 0 saturated heterocycles. The van der Waals surface area contributed by atoms with E-state index < -0.39 is 30.1 Å². The van der Waals surface area contributed by atoms with Crippen LogP contribution in [0.5, 0.6) is 0 Å². The third kappa shape index (κ3) is 2.90. The SMILES string of the molecule is O=CC(=O)[C@@H](O)[C@@H](O)[C@H](O)C(=O)[O-]. The molecule has 3 atom stereocenters. The molecule has 13 heavy (non-hydrogen) atoms. The molecular weight excluding hydrogens is 184 g/mol. The second-order valence-corrected chi connectivity index (χ2v) is 2.22. The van der Waals surface area contributed by atoms with E-state index >= 15 is 0 Å². The van der Waals surface area contributed by atoms with Crippen LogP contribution < -0.4 is 5.11 Å². The van der Waals surface area contributed by atoms with Crippen LogP contribution in [0.15, 0.2) is 0 Å². The Morgan fingerprint density at radius 1 is 1.15 bits per heavy atom. The van der Waals surface area contributed by atoms with Gasteiger partial charge in [-0.3, -0.25) is 9.59 Å². The number of hydrogen-bond acceptors (Lipinski definition) is 7. The van der Waals surface area contributed by atoms with Gasteiger partial charge in [0.25, 0.3) is 0 Å². The van der Waals surface area contributed by atoms with Crippen molar-refractivity contribution in [3.05, 3.63) is 0 Å². The van der Waals surface area contributed by atoms with Crippen LogP contribution in [0.3, 0.4) is 0 Å². The highest BCUT2D eigenvalue weighted by molar-refractivity contribution is 6.27. The third-order valence-corrected chi connectivity index (χ3v) is 1.30. The van der Waals surface area contributed by atoms with Crippen molar-refractivity contribution in [1.82, 2.24) is 0 Å². The van der Waals surface area contributed by atoms with Crippen molar-refractivity contribution in [3.8, 4) is 0 Å². The summed E-state index contributed by atoms with van der Waals surface area (Å²) in [6, 6.07) is 0. The van der Waals surface area contributed by atoms with Crippen LogP contribution in [0.25, 0.3) is 0 Å². The first-order chi connectivity index (χ1) is 5.91. The fraction of sp³-hybridized carbons (Fsp3) is 0.500. The Labute approximate surface area is 72.2 Å². The Bertz CT molecular complexity index is 223. The normalized spacial score (nSPS) is 17.2. The van der Waals surface area contributed by atoms with E-state index in [1.54, 1.807) is 0 Å². The summed E-state index contributed by atoms with van der Waals surface area (Å²) >= 11 is 0. The number of aldehydes is 1. The van der Waals surface area contributed by atoms with Crippen LogP contribution >= 0.6 is 0 Å². The number of carbonyl (C=O) groups excluding carboxylic acids is 3. The Balaban J connectivity index is 4.41. The first-order valence-corrected chi connectivity index (χ1v) is 3.16. The smallest absolute Gasteiger partial charge is 0.226 e. The van der Waals surface area contributed by atoms with Gasteiger partial charge in [-0.1, -0.05) is 0 Å². The van der Waals surface area contributed by atoms with E-state index in [0.29, 0.717) is 0 Å². The van der Waals surface area contributed by atoms with Gasteiger partial charge in [-0.15, -0.1) is 0 Å². The first kappa shape index (κ1) is 11.7. The van der Waals surface area contributed by atoms with Crippen LogP contribution in [0, 0.1) is 0 Å². The summed E-state index contributed by atoms with van der Waals surface area (Å²) in [5.74, 6) is -3.47. The minimum absolute atomic E-state index is 0.296. The molecule has 0 amide bonds. The first-order valence-electron chi connectivity index (χ1n) is 3.16. The van der Waals surface area contributed by atoms with Gasteiger partial charge in [0, 0.05) is 0 Å². The fourth-order valence-electron chi connectivity index (χ4n) is 0.550. The van der Waals surface area contributed by atoms with Crippen molar-refractivity contribution < 1.29 is 34.8 Å². The maximum Gasteiger partial charge on any atom is 0.226 e. The summed E-state index contributed by atoms with van der Waals surface area (Å²) < 4.78 is 0. The number of aliphatic carboxylic acids is 1. The highest BCUT2D eigenvalue weighted by Gasteiger charge is 2.30. The number of carboxylic acid groups (broad SMARTS) is 1. The quantitative estimate of drug-likeness (QED) is 0.295. The molecule has 0 spiro atoms. The van der Waals surface area contributed by atoms with E-state index in [2.05, 4.69) is 0 Å². The number of ketones is 1. The predicted molar refractivity (Wildman–Crippen MR) is 34.1 cm³/mol. The van der Waals surface area contributed by atoms with Gasteiger partial charge in [-0.2, -0.15) is 0 Å². The molecule has 0 saturated carbocycles. The van der Waals surface area contributed by atoms with E-state index in [4.69, 9.17) is 15.3 Å². The van der Waals surface area contributed by atoms with Crippen molar-refractivity contribution in [1.29, 1.82) is 0 Å². The van der Waals surface area contributed by atoms with Crippen LogP contribution in [0.1, 0.15) is 0 Å². The average molecular weight is 191 g/mol. The molecule has 0 heterocycles. The molecule has 7 heteroatoms. The number of rotatable bonds is 5. The molecule has 74 valence electrons. The van der Waals surface area contributed by atoms with E-state index in [9.17, 15) is 19.5 Å². The molecule has 0 radical (unpaired) electrons. The molecule has 0 aliphatic rings. The van der Waals surface area contributed by atoms with Crippen molar-refractivity contribution in [2.24, 2.45) is 0 Å². The Morgan fingerprint density at radius 3 is 1.92 bits per heavy atom. The summed E-state index contributed by atoms with van der Waals surface area (Å²) in [6.07, 6.45) is -7.25. The zero-order chi connectivity index (χ0) is 10.6. The molecule has 0 aromatic rings. The molecule has 0 unspecified atom stereocenters. The molecular formula is C6H7O7-. The number of hydrogen-bond donors (Lipinski definition) is 3. The Morgan fingerprint density at radius 2 is 1.62 bits per heavy atom. The lowest BCUT2D eigenvalue weighted by molar-refractivity contribution is -0.319. The van der Waals surface area contributed by atoms with Crippen molar-refractivity contribution in [2.75, 3.05) is 0 Å². The number of Topliss-reactive ketones (excluding diaryl/α,β-unsaturated/α-hetero) is 1. The van der Waals surface area contributed by atoms with Crippen molar-refractivity contribution in [2.45, 2.75) is 18.3 Å². The molecule has 0 aliphatic carbocycles. The lowest BCUT2D eigenvalue weighted by Gasteiger charge is -2.20. The monoisotopic (exact) mass is 191 g/mol. The number of carboxylic acids is 1. The second-order valence-electron chi connectivity index (χ2n) is 2.22. The predicted octanol–water partition coefficient (Wildman–Crippen LogP) is -4.41. The number of aliphatic hydroxyl groups excluding tert-OH is 3. The Kier molecular flexibility index (Phi) is 4.18. The standard InChI is InChI=1S/C6H8O7/c7-1-2(8)3(9)4(10)5(11)6(12)13/h1,3-5,9-11H,(H,12,13)/p-1/t3-,4-,5+/m1/s1. The van der Waals surface area contributed by atoms with E-state index in [1.165, 1.54) is 0 Å². The zero-order valence-electron chi connectivity index (χ0n) is 6.28. The van der Waals surface area contributed by atoms with Crippen LogP contribution in [0.4, 0.5) is 0 Å².